The number of nitrogens with one attached hydrogen (secondary N) is 2. The molecule has 2 N–H and O–H groups in total. The van der Waals surface area contributed by atoms with Crippen LogP contribution in [0.1, 0.15) is 17.2 Å². The van der Waals surface area contributed by atoms with Crippen molar-refractivity contribution in [2.45, 2.75) is 20.3 Å². The predicted octanol–water partition coefficient (Wildman–Crippen LogP) is 1.31. The first-order valence-electron chi connectivity index (χ1n) is 5.73. The molecule has 0 aliphatic carbocycles. The highest BCUT2D eigenvalue weighted by Crippen LogP contribution is 2.17. The summed E-state index contributed by atoms with van der Waals surface area (Å²) in [5, 5.41) is 11.1. The van der Waals surface area contributed by atoms with E-state index in [1.165, 1.54) is 11.3 Å². The maximum Gasteiger partial charge on any atom is 0.248 e. The summed E-state index contributed by atoms with van der Waals surface area (Å²) >= 11 is 1.52. The van der Waals surface area contributed by atoms with Crippen molar-refractivity contribution in [2.24, 2.45) is 0 Å². The van der Waals surface area contributed by atoms with E-state index in [1.54, 1.807) is 6.92 Å². The lowest BCUT2D eigenvalue weighted by Crippen LogP contribution is -2.16. The number of hydrogen-bond acceptors (Lipinski definition) is 5. The summed E-state index contributed by atoms with van der Waals surface area (Å²) in [4.78, 5) is 21.2. The number of carbonyl (C=O) groups is 1. The minimum atomic E-state index is -0.148. The molecule has 98 valence electrons. The predicted molar refractivity (Wildman–Crippen MR) is 71.3 cm³/mol. The summed E-state index contributed by atoms with van der Waals surface area (Å²) in [5.74, 6) is 0.819. The van der Waals surface area contributed by atoms with Gasteiger partial charge in [0.15, 0.2) is 4.96 Å². The zero-order valence-electron chi connectivity index (χ0n) is 10.5. The number of hydrogen-bond donors (Lipinski definition) is 2. The third-order valence-electron chi connectivity index (χ3n) is 2.59. The Balaban J connectivity index is 1.75. The number of nitrogens with zero attached hydrogens (tertiary/aromatic N) is 4. The van der Waals surface area contributed by atoms with Crippen molar-refractivity contribution >= 4 is 28.2 Å². The van der Waals surface area contributed by atoms with E-state index < -0.39 is 0 Å². The van der Waals surface area contributed by atoms with Crippen LogP contribution in [0.4, 0.5) is 5.95 Å². The van der Waals surface area contributed by atoms with Crippen LogP contribution in [0, 0.1) is 13.8 Å². The number of fused-ring (bicyclic) bond motifs is 1. The van der Waals surface area contributed by atoms with Crippen molar-refractivity contribution in [1.29, 1.82) is 0 Å². The molecule has 0 aliphatic heterocycles. The van der Waals surface area contributed by atoms with Crippen LogP contribution in [-0.4, -0.2) is 30.5 Å². The monoisotopic (exact) mass is 276 g/mol. The topological polar surface area (TPSA) is 88.0 Å². The lowest BCUT2D eigenvalue weighted by atomic mass is 10.3. The van der Waals surface area contributed by atoms with Crippen molar-refractivity contribution in [1.82, 2.24) is 24.6 Å². The van der Waals surface area contributed by atoms with E-state index in [-0.39, 0.29) is 12.3 Å². The first kappa shape index (κ1) is 11.8. The Morgan fingerprint density at radius 3 is 3.05 bits per heavy atom. The van der Waals surface area contributed by atoms with Crippen LogP contribution < -0.4 is 5.32 Å². The van der Waals surface area contributed by atoms with E-state index in [0.29, 0.717) is 11.8 Å². The van der Waals surface area contributed by atoms with Gasteiger partial charge in [0.05, 0.1) is 12.1 Å². The van der Waals surface area contributed by atoms with Crippen molar-refractivity contribution in [3.05, 3.63) is 28.8 Å². The van der Waals surface area contributed by atoms with E-state index in [4.69, 9.17) is 0 Å². The number of carbonyl (C=O) groups excluding carboxylic acids is 1. The average molecular weight is 276 g/mol. The highest BCUT2D eigenvalue weighted by Gasteiger charge is 2.12. The van der Waals surface area contributed by atoms with Crippen molar-refractivity contribution < 1.29 is 4.79 Å². The van der Waals surface area contributed by atoms with Crippen LogP contribution in [0.25, 0.3) is 4.96 Å². The third kappa shape index (κ3) is 2.34. The molecule has 0 radical (unpaired) electrons. The molecule has 0 bridgehead atoms. The second-order valence-electron chi connectivity index (χ2n) is 4.23. The normalized spacial score (nSPS) is 11.1. The first-order valence-corrected chi connectivity index (χ1v) is 6.61. The molecule has 0 aliphatic rings. The zero-order valence-corrected chi connectivity index (χ0v) is 11.3. The molecule has 8 heteroatoms. The molecule has 3 aromatic heterocycles. The molecule has 0 unspecified atom stereocenters. The minimum absolute atomic E-state index is 0.148. The number of amides is 1. The zero-order chi connectivity index (χ0) is 13.4. The van der Waals surface area contributed by atoms with Crippen LogP contribution in [0.5, 0.6) is 0 Å². The Labute approximate surface area is 112 Å². The SMILES string of the molecule is Cc1cn2c(CC(=O)Nc3n[nH]c(C)n3)csc2n1. The molecule has 7 nitrogen and oxygen atoms in total. The number of aryl methyl sites for hydroxylation is 2. The second-order valence-corrected chi connectivity index (χ2v) is 5.07. The largest absolute Gasteiger partial charge is 0.294 e. The molecule has 0 atom stereocenters. The van der Waals surface area contributed by atoms with Gasteiger partial charge < -0.3 is 0 Å². The third-order valence-corrected chi connectivity index (χ3v) is 3.48. The molecule has 1 amide bonds. The number of rotatable bonds is 3. The Hall–Kier alpha value is -2.22. The molecule has 0 fully saturated rings. The molecular weight excluding hydrogens is 264 g/mol. The van der Waals surface area contributed by atoms with Gasteiger partial charge in [0.1, 0.15) is 5.82 Å². The number of imidazole rings is 1. The van der Waals surface area contributed by atoms with Crippen LogP contribution in [0.15, 0.2) is 11.6 Å². The number of H-pyrrole nitrogens is 1. The Kier molecular flexibility index (Phi) is 2.79. The fourth-order valence-corrected chi connectivity index (χ4v) is 2.72. The van der Waals surface area contributed by atoms with E-state index in [1.807, 2.05) is 22.9 Å². The highest BCUT2D eigenvalue weighted by atomic mass is 32.1. The van der Waals surface area contributed by atoms with Gasteiger partial charge in [0, 0.05) is 17.3 Å². The van der Waals surface area contributed by atoms with Gasteiger partial charge in [0.2, 0.25) is 11.9 Å². The van der Waals surface area contributed by atoms with Crippen LogP contribution in [0.3, 0.4) is 0 Å². The lowest BCUT2D eigenvalue weighted by molar-refractivity contribution is -0.115. The summed E-state index contributed by atoms with van der Waals surface area (Å²) in [5.41, 5.74) is 1.85. The minimum Gasteiger partial charge on any atom is -0.294 e. The summed E-state index contributed by atoms with van der Waals surface area (Å²) < 4.78 is 1.93. The Morgan fingerprint density at radius 1 is 1.47 bits per heavy atom. The highest BCUT2D eigenvalue weighted by molar-refractivity contribution is 7.15. The number of aromatic nitrogens is 5. The lowest BCUT2D eigenvalue weighted by Gasteiger charge is -1.99. The van der Waals surface area contributed by atoms with Crippen LogP contribution in [0.2, 0.25) is 0 Å². The molecule has 0 saturated carbocycles. The number of anilines is 1. The molecule has 3 rings (SSSR count). The molecule has 0 saturated heterocycles. The van der Waals surface area contributed by atoms with E-state index >= 15 is 0 Å². The van der Waals surface area contributed by atoms with Gasteiger partial charge in [-0.1, -0.05) is 0 Å². The van der Waals surface area contributed by atoms with Crippen molar-refractivity contribution in [3.63, 3.8) is 0 Å². The number of thiazole rings is 1. The van der Waals surface area contributed by atoms with Gasteiger partial charge in [-0.15, -0.1) is 16.4 Å². The first-order chi connectivity index (χ1) is 9.11. The Morgan fingerprint density at radius 2 is 2.32 bits per heavy atom. The summed E-state index contributed by atoms with van der Waals surface area (Å²) in [6.07, 6.45) is 2.19. The maximum atomic E-state index is 11.9. The van der Waals surface area contributed by atoms with Gasteiger partial charge in [-0.25, -0.2) is 4.98 Å². The molecule has 3 aromatic rings. The molecule has 19 heavy (non-hydrogen) atoms. The van der Waals surface area contributed by atoms with Crippen LogP contribution >= 0.6 is 11.3 Å². The van der Waals surface area contributed by atoms with Gasteiger partial charge in [0.25, 0.3) is 0 Å². The molecule has 0 aromatic carbocycles. The number of aromatic amines is 1. The Bertz CT molecular complexity index is 739. The average Bonchev–Trinajstić information content (AvgIpc) is 2.98. The summed E-state index contributed by atoms with van der Waals surface area (Å²) in [7, 11) is 0. The van der Waals surface area contributed by atoms with Crippen LogP contribution in [-0.2, 0) is 11.2 Å². The summed E-state index contributed by atoms with van der Waals surface area (Å²) in [6.45, 7) is 3.71. The fourth-order valence-electron chi connectivity index (χ4n) is 1.80. The van der Waals surface area contributed by atoms with E-state index in [9.17, 15) is 4.79 Å². The van der Waals surface area contributed by atoms with E-state index in [0.717, 1.165) is 16.3 Å². The second kappa shape index (κ2) is 4.47. The van der Waals surface area contributed by atoms with E-state index in [2.05, 4.69) is 25.5 Å². The smallest absolute Gasteiger partial charge is 0.248 e. The maximum absolute atomic E-state index is 11.9. The van der Waals surface area contributed by atoms with Gasteiger partial charge in [-0.3, -0.25) is 19.6 Å². The quantitative estimate of drug-likeness (QED) is 0.755. The van der Waals surface area contributed by atoms with Crippen molar-refractivity contribution in [3.8, 4) is 0 Å². The molecular formula is C11H12N6OS. The fraction of sp³-hybridized carbons (Fsp3) is 0.273. The molecule has 3 heterocycles. The van der Waals surface area contributed by atoms with Gasteiger partial charge in [-0.2, -0.15) is 4.98 Å². The molecule has 0 spiro atoms. The van der Waals surface area contributed by atoms with Gasteiger partial charge >= 0.3 is 0 Å². The summed E-state index contributed by atoms with van der Waals surface area (Å²) in [6, 6.07) is 0. The van der Waals surface area contributed by atoms with Crippen molar-refractivity contribution in [2.75, 3.05) is 5.32 Å². The van der Waals surface area contributed by atoms with Gasteiger partial charge in [-0.05, 0) is 13.8 Å². The standard InChI is InChI=1S/C11H12N6OS/c1-6-4-17-8(5-19-11(17)12-6)3-9(18)14-10-13-7(2)15-16-10/h4-5H,3H2,1-2H3,(H2,13,14,15,16,18).